The van der Waals surface area contributed by atoms with Gasteiger partial charge in [-0.2, -0.15) is 0 Å². The second-order valence-corrected chi connectivity index (χ2v) is 5.54. The maximum atomic E-state index is 11.8. The summed E-state index contributed by atoms with van der Waals surface area (Å²) >= 11 is 0. The maximum Gasteiger partial charge on any atom is 0.404 e. The average Bonchev–Trinajstić information content (AvgIpc) is 2.14. The van der Waals surface area contributed by atoms with E-state index in [1.807, 2.05) is 20.8 Å². The number of rotatable bonds is 2. The summed E-state index contributed by atoms with van der Waals surface area (Å²) in [6.45, 7) is 5.50. The van der Waals surface area contributed by atoms with E-state index in [1.54, 1.807) is 0 Å². The molecule has 0 spiro atoms. The van der Waals surface area contributed by atoms with Crippen LogP contribution in [0.25, 0.3) is 0 Å². The van der Waals surface area contributed by atoms with Gasteiger partial charge in [0, 0.05) is 6.04 Å². The SMILES string of the molecule is CC(C)(C)OC(=O)C1CCCC(NC(=O)O)C1. The van der Waals surface area contributed by atoms with E-state index in [0.717, 1.165) is 19.3 Å². The lowest BCUT2D eigenvalue weighted by Crippen LogP contribution is -2.40. The Hall–Kier alpha value is -1.26. The van der Waals surface area contributed by atoms with Gasteiger partial charge in [0.25, 0.3) is 0 Å². The average molecular weight is 243 g/mol. The first-order chi connectivity index (χ1) is 7.78. The molecule has 0 radical (unpaired) electrons. The molecule has 1 rings (SSSR count). The highest BCUT2D eigenvalue weighted by Gasteiger charge is 2.31. The first-order valence-corrected chi connectivity index (χ1v) is 6.00. The van der Waals surface area contributed by atoms with Crippen LogP contribution in [-0.4, -0.2) is 28.8 Å². The lowest BCUT2D eigenvalue weighted by atomic mass is 9.85. The second-order valence-electron chi connectivity index (χ2n) is 5.54. The van der Waals surface area contributed by atoms with E-state index in [9.17, 15) is 9.59 Å². The van der Waals surface area contributed by atoms with Crippen molar-refractivity contribution in [2.75, 3.05) is 0 Å². The van der Waals surface area contributed by atoms with Crippen LogP contribution < -0.4 is 5.32 Å². The van der Waals surface area contributed by atoms with Crippen LogP contribution in [0.1, 0.15) is 46.5 Å². The van der Waals surface area contributed by atoms with Gasteiger partial charge in [-0.3, -0.25) is 4.79 Å². The van der Waals surface area contributed by atoms with Crippen LogP contribution in [0.3, 0.4) is 0 Å². The minimum Gasteiger partial charge on any atom is -0.465 e. The Labute approximate surface area is 102 Å². The number of hydrogen-bond acceptors (Lipinski definition) is 3. The van der Waals surface area contributed by atoms with Crippen LogP contribution in [0.2, 0.25) is 0 Å². The zero-order chi connectivity index (χ0) is 13.1. The lowest BCUT2D eigenvalue weighted by molar-refractivity contribution is -0.161. The maximum absolute atomic E-state index is 11.8. The Morgan fingerprint density at radius 3 is 2.47 bits per heavy atom. The van der Waals surface area contributed by atoms with Crippen molar-refractivity contribution < 1.29 is 19.4 Å². The molecule has 5 heteroatoms. The molecule has 2 atom stereocenters. The molecule has 0 aliphatic heterocycles. The number of carboxylic acid groups (broad SMARTS) is 1. The molecule has 0 aromatic carbocycles. The van der Waals surface area contributed by atoms with Gasteiger partial charge in [-0.05, 0) is 40.0 Å². The van der Waals surface area contributed by atoms with Gasteiger partial charge in [-0.25, -0.2) is 4.79 Å². The predicted molar refractivity (Wildman–Crippen MR) is 62.8 cm³/mol. The number of ether oxygens (including phenoxy) is 1. The van der Waals surface area contributed by atoms with Crippen LogP contribution in [0, 0.1) is 5.92 Å². The van der Waals surface area contributed by atoms with Gasteiger partial charge in [-0.1, -0.05) is 6.42 Å². The van der Waals surface area contributed by atoms with Crippen molar-refractivity contribution >= 4 is 12.1 Å². The summed E-state index contributed by atoms with van der Waals surface area (Å²) in [5.74, 6) is -0.394. The monoisotopic (exact) mass is 243 g/mol. The van der Waals surface area contributed by atoms with Crippen molar-refractivity contribution in [1.82, 2.24) is 5.32 Å². The van der Waals surface area contributed by atoms with Gasteiger partial charge in [0.1, 0.15) is 5.60 Å². The molecule has 1 fully saturated rings. The van der Waals surface area contributed by atoms with E-state index in [0.29, 0.717) is 6.42 Å². The fourth-order valence-electron chi connectivity index (χ4n) is 2.09. The van der Waals surface area contributed by atoms with E-state index in [1.165, 1.54) is 0 Å². The van der Waals surface area contributed by atoms with Crippen LogP contribution in [0.5, 0.6) is 0 Å². The van der Waals surface area contributed by atoms with Crippen LogP contribution in [0.15, 0.2) is 0 Å². The first-order valence-electron chi connectivity index (χ1n) is 6.00. The fraction of sp³-hybridized carbons (Fsp3) is 0.833. The van der Waals surface area contributed by atoms with E-state index < -0.39 is 11.7 Å². The zero-order valence-electron chi connectivity index (χ0n) is 10.7. The Bertz CT molecular complexity index is 295. The summed E-state index contributed by atoms with van der Waals surface area (Å²) in [5, 5.41) is 11.1. The van der Waals surface area contributed by atoms with Gasteiger partial charge in [0.05, 0.1) is 5.92 Å². The predicted octanol–water partition coefficient (Wildman–Crippen LogP) is 2.15. The summed E-state index contributed by atoms with van der Waals surface area (Å²) in [4.78, 5) is 22.4. The molecule has 1 saturated carbocycles. The zero-order valence-corrected chi connectivity index (χ0v) is 10.7. The molecule has 0 aromatic heterocycles. The van der Waals surface area contributed by atoms with E-state index in [4.69, 9.17) is 9.84 Å². The van der Waals surface area contributed by atoms with Gasteiger partial charge >= 0.3 is 12.1 Å². The smallest absolute Gasteiger partial charge is 0.404 e. The molecule has 2 N–H and O–H groups in total. The molecule has 0 saturated heterocycles. The topological polar surface area (TPSA) is 75.6 Å². The van der Waals surface area contributed by atoms with E-state index >= 15 is 0 Å². The highest BCUT2D eigenvalue weighted by atomic mass is 16.6. The van der Waals surface area contributed by atoms with Gasteiger partial charge in [-0.15, -0.1) is 0 Å². The molecular weight excluding hydrogens is 222 g/mol. The number of nitrogens with one attached hydrogen (secondary N) is 1. The van der Waals surface area contributed by atoms with Gasteiger partial charge in [0.15, 0.2) is 0 Å². The van der Waals surface area contributed by atoms with Crippen molar-refractivity contribution in [2.24, 2.45) is 5.92 Å². The highest BCUT2D eigenvalue weighted by molar-refractivity contribution is 5.73. The van der Waals surface area contributed by atoms with Crippen molar-refractivity contribution in [1.29, 1.82) is 0 Å². The molecule has 2 unspecified atom stereocenters. The number of esters is 1. The Morgan fingerprint density at radius 2 is 1.94 bits per heavy atom. The summed E-state index contributed by atoms with van der Waals surface area (Å²) < 4.78 is 5.32. The molecule has 1 aliphatic rings. The van der Waals surface area contributed by atoms with Crippen molar-refractivity contribution in [3.8, 4) is 0 Å². The van der Waals surface area contributed by atoms with Crippen LogP contribution in [-0.2, 0) is 9.53 Å². The quantitative estimate of drug-likeness (QED) is 0.729. The molecule has 0 heterocycles. The third-order valence-corrected chi connectivity index (χ3v) is 2.74. The minimum absolute atomic E-state index is 0.126. The summed E-state index contributed by atoms with van der Waals surface area (Å²) in [7, 11) is 0. The second kappa shape index (κ2) is 5.38. The lowest BCUT2D eigenvalue weighted by Gasteiger charge is -2.30. The molecular formula is C12H21NO4. The molecule has 0 bridgehead atoms. The van der Waals surface area contributed by atoms with Gasteiger partial charge < -0.3 is 15.2 Å². The summed E-state index contributed by atoms with van der Waals surface area (Å²) in [6.07, 6.45) is 1.95. The summed E-state index contributed by atoms with van der Waals surface area (Å²) in [6, 6.07) is -0.126. The largest absolute Gasteiger partial charge is 0.465 e. The van der Waals surface area contributed by atoms with Crippen LogP contribution in [0.4, 0.5) is 4.79 Å². The van der Waals surface area contributed by atoms with E-state index in [-0.39, 0.29) is 17.9 Å². The molecule has 17 heavy (non-hydrogen) atoms. The fourth-order valence-corrected chi connectivity index (χ4v) is 2.09. The Balaban J connectivity index is 2.49. The van der Waals surface area contributed by atoms with Crippen molar-refractivity contribution in [3.05, 3.63) is 0 Å². The van der Waals surface area contributed by atoms with Crippen molar-refractivity contribution in [3.63, 3.8) is 0 Å². The number of hydrogen-bond donors (Lipinski definition) is 2. The van der Waals surface area contributed by atoms with Gasteiger partial charge in [0.2, 0.25) is 0 Å². The normalized spacial score (nSPS) is 25.1. The minimum atomic E-state index is -1.03. The first kappa shape index (κ1) is 13.8. The Morgan fingerprint density at radius 1 is 1.29 bits per heavy atom. The number of carbonyl (C=O) groups is 2. The standard InChI is InChI=1S/C12H21NO4/c1-12(2,3)17-10(14)8-5-4-6-9(7-8)13-11(15)16/h8-9,13H,4-7H2,1-3H3,(H,15,16). The number of amides is 1. The molecule has 98 valence electrons. The summed E-state index contributed by atoms with van der Waals surface area (Å²) in [5.41, 5.74) is -0.482. The van der Waals surface area contributed by atoms with Crippen molar-refractivity contribution in [2.45, 2.75) is 58.1 Å². The third-order valence-electron chi connectivity index (χ3n) is 2.74. The van der Waals surface area contributed by atoms with E-state index in [2.05, 4.69) is 5.32 Å². The molecule has 1 amide bonds. The third kappa shape index (κ3) is 5.06. The number of carbonyl (C=O) groups excluding carboxylic acids is 1. The molecule has 1 aliphatic carbocycles. The van der Waals surface area contributed by atoms with Crippen LogP contribution >= 0.6 is 0 Å². The molecule has 5 nitrogen and oxygen atoms in total. The highest BCUT2D eigenvalue weighted by Crippen LogP contribution is 2.26. The Kier molecular flexibility index (Phi) is 4.37. The molecule has 0 aromatic rings.